The highest BCUT2D eigenvalue weighted by Gasteiger charge is 2.21. The fraction of sp³-hybridized carbons (Fsp3) is 0.562. The first-order valence-corrected chi connectivity index (χ1v) is 8.13. The minimum absolute atomic E-state index is 0.0277. The van der Waals surface area contributed by atoms with Crippen LogP contribution in [-0.4, -0.2) is 22.4 Å². The maximum absolute atomic E-state index is 9.32. The van der Waals surface area contributed by atoms with E-state index in [1.54, 1.807) is 0 Å². The molecule has 0 aliphatic heterocycles. The molecular formula is C16H24Cl2N2O2. The van der Waals surface area contributed by atoms with Crippen LogP contribution < -0.4 is 5.73 Å². The van der Waals surface area contributed by atoms with Crippen molar-refractivity contribution in [1.29, 1.82) is 0 Å². The SMILES string of the molecule is CC1C=C(CO)C=C(OC(/N=C(\N)Cl)=C(\C(C)C)[C@@H](C)Cl)C1. The van der Waals surface area contributed by atoms with E-state index in [1.165, 1.54) is 0 Å². The minimum atomic E-state index is -0.260. The Labute approximate surface area is 142 Å². The van der Waals surface area contributed by atoms with Gasteiger partial charge in [-0.1, -0.05) is 26.8 Å². The fourth-order valence-corrected chi connectivity index (χ4v) is 2.89. The molecule has 0 aromatic rings. The summed E-state index contributed by atoms with van der Waals surface area (Å²) < 4.78 is 5.94. The number of hydrogen-bond donors (Lipinski definition) is 2. The molecule has 6 heteroatoms. The van der Waals surface area contributed by atoms with Gasteiger partial charge in [0.2, 0.25) is 5.88 Å². The van der Waals surface area contributed by atoms with Crippen molar-refractivity contribution in [2.75, 3.05) is 6.61 Å². The molecule has 1 rings (SSSR count). The number of aliphatic hydroxyl groups excluding tert-OH is 1. The van der Waals surface area contributed by atoms with E-state index >= 15 is 0 Å². The predicted octanol–water partition coefficient (Wildman–Crippen LogP) is 3.89. The topological polar surface area (TPSA) is 67.8 Å². The predicted molar refractivity (Wildman–Crippen MR) is 92.8 cm³/mol. The van der Waals surface area contributed by atoms with Gasteiger partial charge < -0.3 is 15.6 Å². The summed E-state index contributed by atoms with van der Waals surface area (Å²) in [7, 11) is 0. The summed E-state index contributed by atoms with van der Waals surface area (Å²) in [4.78, 5) is 4.10. The molecule has 0 radical (unpaired) electrons. The number of aliphatic hydroxyl groups is 1. The smallest absolute Gasteiger partial charge is 0.222 e. The van der Waals surface area contributed by atoms with Crippen molar-refractivity contribution < 1.29 is 9.84 Å². The van der Waals surface area contributed by atoms with Crippen LogP contribution in [0.15, 0.2) is 39.9 Å². The number of rotatable bonds is 6. The highest BCUT2D eigenvalue weighted by Crippen LogP contribution is 2.30. The van der Waals surface area contributed by atoms with Gasteiger partial charge in [0, 0.05) is 12.0 Å². The molecule has 0 bridgehead atoms. The second-order valence-electron chi connectivity index (χ2n) is 5.76. The number of hydrogen-bond acceptors (Lipinski definition) is 3. The number of nitrogens with zero attached hydrogens (tertiary/aromatic N) is 1. The van der Waals surface area contributed by atoms with Gasteiger partial charge in [-0.2, -0.15) is 4.99 Å². The van der Waals surface area contributed by atoms with Crippen molar-refractivity contribution in [3.8, 4) is 0 Å². The largest absolute Gasteiger partial charge is 0.443 e. The summed E-state index contributed by atoms with van der Waals surface area (Å²) in [6.07, 6.45) is 4.55. The standard InChI is InChI=1S/C16H24Cl2N2O2/c1-9(2)14(11(4)17)15(20-16(18)19)22-13-6-10(3)5-12(7-13)8-21/h5,7,9-11,21H,6,8H2,1-4H3,(H2,19,20)/b15-14+/t10?,11-/m1/s1. The Morgan fingerprint density at radius 2 is 2.14 bits per heavy atom. The van der Waals surface area contributed by atoms with Crippen LogP contribution in [0.25, 0.3) is 0 Å². The lowest BCUT2D eigenvalue weighted by Gasteiger charge is -2.22. The summed E-state index contributed by atoms with van der Waals surface area (Å²) in [5, 5.41) is 8.96. The number of alkyl halides is 1. The normalized spacial score (nSPS) is 22.0. The lowest BCUT2D eigenvalue weighted by Crippen LogP contribution is -2.14. The maximum Gasteiger partial charge on any atom is 0.222 e. The van der Waals surface area contributed by atoms with Crippen LogP contribution in [0.4, 0.5) is 0 Å². The summed E-state index contributed by atoms with van der Waals surface area (Å²) >= 11 is 12.0. The number of ether oxygens (including phenoxy) is 1. The van der Waals surface area contributed by atoms with Gasteiger partial charge in [0.25, 0.3) is 0 Å². The van der Waals surface area contributed by atoms with Gasteiger partial charge in [-0.05, 0) is 42.0 Å². The molecule has 0 aromatic heterocycles. The van der Waals surface area contributed by atoms with E-state index < -0.39 is 0 Å². The van der Waals surface area contributed by atoms with Crippen molar-refractivity contribution in [1.82, 2.24) is 0 Å². The summed E-state index contributed by atoms with van der Waals surface area (Å²) in [5.41, 5.74) is 7.16. The Kier molecular flexibility index (Phi) is 7.46. The Balaban J connectivity index is 3.21. The summed E-state index contributed by atoms with van der Waals surface area (Å²) in [6, 6.07) is 0. The molecule has 0 spiro atoms. The van der Waals surface area contributed by atoms with Gasteiger partial charge in [0.05, 0.1) is 12.0 Å². The van der Waals surface area contributed by atoms with Gasteiger partial charge in [-0.25, -0.2) is 0 Å². The molecule has 0 heterocycles. The molecule has 4 nitrogen and oxygen atoms in total. The van der Waals surface area contributed by atoms with Crippen molar-refractivity contribution in [3.05, 3.63) is 34.9 Å². The average molecular weight is 347 g/mol. The third kappa shape index (κ3) is 5.67. The van der Waals surface area contributed by atoms with Crippen molar-refractivity contribution >= 4 is 28.5 Å². The lowest BCUT2D eigenvalue weighted by atomic mass is 9.96. The quantitative estimate of drug-likeness (QED) is 0.252. The van der Waals surface area contributed by atoms with E-state index in [4.69, 9.17) is 33.7 Å². The summed E-state index contributed by atoms with van der Waals surface area (Å²) in [6.45, 7) is 7.90. The Hall–Kier alpha value is -0.970. The molecule has 22 heavy (non-hydrogen) atoms. The highest BCUT2D eigenvalue weighted by atomic mass is 35.5. The number of aliphatic imine (C=N–C) groups is 1. The maximum atomic E-state index is 9.32. The average Bonchev–Trinajstić information content (AvgIpc) is 2.36. The lowest BCUT2D eigenvalue weighted by molar-refractivity contribution is 0.264. The van der Waals surface area contributed by atoms with E-state index in [-0.39, 0.29) is 29.1 Å². The van der Waals surface area contributed by atoms with E-state index in [0.29, 0.717) is 18.1 Å². The van der Waals surface area contributed by atoms with Crippen LogP contribution in [0.3, 0.4) is 0 Å². The molecule has 124 valence electrons. The zero-order valence-corrected chi connectivity index (χ0v) is 14.9. The Morgan fingerprint density at radius 3 is 2.59 bits per heavy atom. The molecule has 1 unspecified atom stereocenters. The van der Waals surface area contributed by atoms with E-state index in [0.717, 1.165) is 11.1 Å². The van der Waals surface area contributed by atoms with Crippen molar-refractivity contribution in [2.24, 2.45) is 22.6 Å². The van der Waals surface area contributed by atoms with Crippen LogP contribution >= 0.6 is 23.2 Å². The molecule has 0 amide bonds. The molecule has 0 saturated carbocycles. The van der Waals surface area contributed by atoms with Crippen molar-refractivity contribution in [3.63, 3.8) is 0 Å². The zero-order chi connectivity index (χ0) is 16.9. The monoisotopic (exact) mass is 346 g/mol. The molecule has 2 atom stereocenters. The first-order chi connectivity index (χ1) is 10.2. The Morgan fingerprint density at radius 1 is 1.50 bits per heavy atom. The highest BCUT2D eigenvalue weighted by molar-refractivity contribution is 6.64. The third-order valence-corrected chi connectivity index (χ3v) is 3.60. The van der Waals surface area contributed by atoms with E-state index in [2.05, 4.69) is 11.9 Å². The van der Waals surface area contributed by atoms with Gasteiger partial charge in [-0.3, -0.25) is 0 Å². The molecule has 0 aromatic carbocycles. The van der Waals surface area contributed by atoms with Crippen LogP contribution in [0.1, 0.15) is 34.1 Å². The van der Waals surface area contributed by atoms with Gasteiger partial charge in [0.1, 0.15) is 5.76 Å². The molecule has 1 aliphatic carbocycles. The van der Waals surface area contributed by atoms with Gasteiger partial charge in [0.15, 0.2) is 5.29 Å². The van der Waals surface area contributed by atoms with E-state index in [9.17, 15) is 5.11 Å². The van der Waals surface area contributed by atoms with Crippen LogP contribution in [0.2, 0.25) is 0 Å². The number of allylic oxidation sites excluding steroid dienone is 3. The van der Waals surface area contributed by atoms with Crippen LogP contribution in [0.5, 0.6) is 0 Å². The van der Waals surface area contributed by atoms with Gasteiger partial charge in [-0.15, -0.1) is 11.6 Å². The van der Waals surface area contributed by atoms with E-state index in [1.807, 2.05) is 32.9 Å². The fourth-order valence-electron chi connectivity index (χ4n) is 2.47. The van der Waals surface area contributed by atoms with Gasteiger partial charge >= 0.3 is 0 Å². The third-order valence-electron chi connectivity index (χ3n) is 3.28. The number of nitrogens with two attached hydrogens (primary N) is 1. The second kappa shape index (κ2) is 8.61. The molecular weight excluding hydrogens is 323 g/mol. The minimum Gasteiger partial charge on any atom is -0.443 e. The first kappa shape index (κ1) is 19.1. The van der Waals surface area contributed by atoms with Crippen LogP contribution in [-0.2, 0) is 4.74 Å². The molecule has 0 saturated heterocycles. The van der Waals surface area contributed by atoms with Crippen LogP contribution in [0, 0.1) is 11.8 Å². The first-order valence-electron chi connectivity index (χ1n) is 7.32. The second-order valence-corrected chi connectivity index (χ2v) is 6.80. The number of halogens is 2. The number of amidine groups is 1. The molecule has 3 N–H and O–H groups in total. The molecule has 0 fully saturated rings. The van der Waals surface area contributed by atoms with Crippen molar-refractivity contribution in [2.45, 2.75) is 39.5 Å². The zero-order valence-electron chi connectivity index (χ0n) is 13.4. The molecule has 1 aliphatic rings. The summed E-state index contributed by atoms with van der Waals surface area (Å²) in [5.74, 6) is 1.46. The Bertz CT molecular complexity index is 506.